The van der Waals surface area contributed by atoms with Gasteiger partial charge in [0, 0.05) is 22.9 Å². The maximum absolute atomic E-state index is 12.0. The van der Waals surface area contributed by atoms with Gasteiger partial charge in [-0.25, -0.2) is 8.42 Å². The number of nitrogens with two attached hydrogens (primary N) is 2. The molecule has 0 spiro atoms. The summed E-state index contributed by atoms with van der Waals surface area (Å²) >= 11 is 6.21. The number of terminal acetylenes is 1. The Morgan fingerprint density at radius 1 is 0.943 bits per heavy atom. The number of H-pyrrole nitrogens is 1. The number of aromatic nitrogens is 2. The number of benzene rings is 2. The number of hydrogen-bond donors (Lipinski definition) is 5. The highest BCUT2D eigenvalue weighted by Gasteiger charge is 2.18. The second-order valence-electron chi connectivity index (χ2n) is 5.76. The third kappa shape index (κ3) is 16.1. The first-order valence-electron chi connectivity index (χ1n) is 8.68. The molecule has 194 valence electrons. The highest BCUT2D eigenvalue weighted by Crippen LogP contribution is 2.33. The standard InChI is InChI=1S/C16H14N2O2S.C3H4.2CH3NOS.2CH4.H2O/c1-21(19,20)15-10-6-5-9-13(15)14-11-17-18-16(14)12-7-3-2-4-8-12;1-3-2;2*2-1(3)4;;;/h2-11H,1H3,(H,17,18);1H,2H3;2*(H3,2,3,4);2*1H4;1H2. The molecule has 35 heavy (non-hydrogen) atoms. The number of carbonyl (C=O) groups is 2. The topological polar surface area (TPSA) is 180 Å². The number of primary amides is 2. The Labute approximate surface area is 218 Å². The molecule has 1 aromatic heterocycles. The van der Waals surface area contributed by atoms with Crippen LogP contribution in [-0.2, 0) is 9.84 Å². The van der Waals surface area contributed by atoms with Gasteiger partial charge in [0.2, 0.25) is 0 Å². The third-order valence-electron chi connectivity index (χ3n) is 3.28. The first-order chi connectivity index (χ1) is 14.9. The van der Waals surface area contributed by atoms with Crippen molar-refractivity contribution in [3.8, 4) is 34.7 Å². The van der Waals surface area contributed by atoms with E-state index in [0.717, 1.165) is 16.8 Å². The maximum Gasteiger partial charge on any atom is 0.273 e. The van der Waals surface area contributed by atoms with E-state index in [-0.39, 0.29) is 20.3 Å². The van der Waals surface area contributed by atoms with Crippen LogP contribution in [0, 0.1) is 12.3 Å². The first-order valence-corrected chi connectivity index (χ1v) is 11.5. The number of nitrogens with one attached hydrogen (secondary N) is 1. The summed E-state index contributed by atoms with van der Waals surface area (Å²) in [5.74, 6) is 2.25. The molecule has 3 rings (SSSR count). The molecule has 9 nitrogen and oxygen atoms in total. The van der Waals surface area contributed by atoms with Gasteiger partial charge in [-0.1, -0.05) is 88.6 Å². The van der Waals surface area contributed by atoms with Crippen molar-refractivity contribution < 1.29 is 23.5 Å². The van der Waals surface area contributed by atoms with Crippen molar-refractivity contribution in [2.45, 2.75) is 26.7 Å². The summed E-state index contributed by atoms with van der Waals surface area (Å²) in [5, 5.41) is 5.75. The maximum atomic E-state index is 12.0. The minimum absolute atomic E-state index is 0. The van der Waals surface area contributed by atoms with E-state index in [9.17, 15) is 8.42 Å². The minimum Gasteiger partial charge on any atom is -0.412 e. The van der Waals surface area contributed by atoms with Gasteiger partial charge in [0.15, 0.2) is 9.84 Å². The van der Waals surface area contributed by atoms with Crippen LogP contribution >= 0.6 is 25.3 Å². The Hall–Kier alpha value is -3.24. The number of amides is 2. The summed E-state index contributed by atoms with van der Waals surface area (Å²) in [6, 6.07) is 16.7. The highest BCUT2D eigenvalue weighted by molar-refractivity contribution is 7.96. The van der Waals surface area contributed by atoms with Gasteiger partial charge in [-0.2, -0.15) is 5.10 Å². The Balaban J connectivity index is -0.000000294. The van der Waals surface area contributed by atoms with Crippen molar-refractivity contribution in [3.63, 3.8) is 0 Å². The molecule has 2 amide bonds. The Kier molecular flexibility index (Phi) is 22.5. The van der Waals surface area contributed by atoms with Crippen LogP contribution in [0.5, 0.6) is 0 Å². The lowest BCUT2D eigenvalue weighted by atomic mass is 10.0. The summed E-state index contributed by atoms with van der Waals surface area (Å²) in [5.41, 5.74) is 11.9. The molecule has 3 aromatic rings. The van der Waals surface area contributed by atoms with E-state index in [1.54, 1.807) is 31.3 Å². The van der Waals surface area contributed by atoms with Crippen molar-refractivity contribution in [1.29, 1.82) is 0 Å². The summed E-state index contributed by atoms with van der Waals surface area (Å²) in [7, 11) is -3.30. The van der Waals surface area contributed by atoms with E-state index in [0.29, 0.717) is 10.5 Å². The number of carbonyl (C=O) groups excluding carboxylic acids is 2. The zero-order valence-corrected chi connectivity index (χ0v) is 20.5. The fraction of sp³-hybridized carbons (Fsp3) is 0.174. The number of hydrogen-bond acceptors (Lipinski definition) is 5. The van der Waals surface area contributed by atoms with Crippen LogP contribution in [0.25, 0.3) is 22.4 Å². The summed E-state index contributed by atoms with van der Waals surface area (Å²) < 4.78 is 23.9. The van der Waals surface area contributed by atoms with Crippen LogP contribution in [0.1, 0.15) is 21.8 Å². The quantitative estimate of drug-likeness (QED) is 0.245. The van der Waals surface area contributed by atoms with Crippen LogP contribution in [0.3, 0.4) is 0 Å². The first kappa shape index (κ1) is 39.0. The van der Waals surface area contributed by atoms with Crippen molar-refractivity contribution in [2.75, 3.05) is 6.26 Å². The van der Waals surface area contributed by atoms with Gasteiger partial charge in [0.25, 0.3) is 10.5 Å². The van der Waals surface area contributed by atoms with Gasteiger partial charge in [0.1, 0.15) is 0 Å². The Morgan fingerprint density at radius 3 is 1.77 bits per heavy atom. The zero-order valence-electron chi connectivity index (χ0n) is 17.9. The number of rotatable bonds is 3. The molecule has 0 aliphatic heterocycles. The van der Waals surface area contributed by atoms with Crippen LogP contribution < -0.4 is 11.5 Å². The smallest absolute Gasteiger partial charge is 0.273 e. The molecule has 0 radical (unpaired) electrons. The number of thiol groups is 2. The number of sulfone groups is 1. The molecular weight excluding hydrogens is 508 g/mol. The van der Waals surface area contributed by atoms with Gasteiger partial charge in [-0.05, 0) is 13.0 Å². The van der Waals surface area contributed by atoms with E-state index in [1.807, 2.05) is 36.4 Å². The lowest BCUT2D eigenvalue weighted by molar-refractivity contribution is 0.266. The predicted octanol–water partition coefficient (Wildman–Crippen LogP) is 4.22. The summed E-state index contributed by atoms with van der Waals surface area (Å²) in [4.78, 5) is 18.5. The van der Waals surface area contributed by atoms with Gasteiger partial charge >= 0.3 is 0 Å². The van der Waals surface area contributed by atoms with E-state index < -0.39 is 20.3 Å². The molecule has 0 aliphatic rings. The minimum atomic E-state index is -3.30. The number of aromatic amines is 1. The van der Waals surface area contributed by atoms with E-state index in [4.69, 9.17) is 9.59 Å². The molecule has 0 saturated carbocycles. The molecule has 0 aliphatic carbocycles. The lowest BCUT2D eigenvalue weighted by Gasteiger charge is -2.08. The molecule has 0 saturated heterocycles. The molecule has 2 aromatic carbocycles. The van der Waals surface area contributed by atoms with Crippen LogP contribution in [0.2, 0.25) is 0 Å². The zero-order chi connectivity index (χ0) is 24.7. The summed E-state index contributed by atoms with van der Waals surface area (Å²) in [6.45, 7) is 1.65. The summed E-state index contributed by atoms with van der Waals surface area (Å²) in [6.07, 6.45) is 7.47. The van der Waals surface area contributed by atoms with Gasteiger partial charge in [-0.15, -0.1) is 12.3 Å². The second-order valence-corrected chi connectivity index (χ2v) is 8.62. The van der Waals surface area contributed by atoms with E-state index >= 15 is 0 Å². The van der Waals surface area contributed by atoms with Crippen molar-refractivity contribution in [3.05, 3.63) is 60.8 Å². The average molecular weight is 543 g/mol. The molecule has 0 bridgehead atoms. The normalized spacial score (nSPS) is 8.54. The van der Waals surface area contributed by atoms with Crippen molar-refractivity contribution >= 4 is 45.6 Å². The Bertz CT molecular complexity index is 1140. The van der Waals surface area contributed by atoms with E-state index in [1.165, 1.54) is 6.26 Å². The van der Waals surface area contributed by atoms with Crippen LogP contribution in [0.15, 0.2) is 65.7 Å². The molecule has 12 heteroatoms. The monoisotopic (exact) mass is 542 g/mol. The SMILES string of the molecule is C.C.C#CC.CS(=O)(=O)c1ccccc1-c1cn[nH]c1-c1ccccc1.NC(=O)S.NC(=O)S.O. The molecule has 1 heterocycles. The van der Waals surface area contributed by atoms with Gasteiger partial charge < -0.3 is 16.9 Å². The average Bonchev–Trinajstić information content (AvgIpc) is 3.17. The fourth-order valence-corrected chi connectivity index (χ4v) is 3.23. The molecule has 7 N–H and O–H groups in total. The molecule has 0 atom stereocenters. The van der Waals surface area contributed by atoms with Crippen LogP contribution in [-0.4, -0.2) is 40.8 Å². The highest BCUT2D eigenvalue weighted by atomic mass is 32.2. The Morgan fingerprint density at radius 2 is 1.34 bits per heavy atom. The third-order valence-corrected chi connectivity index (χ3v) is 4.43. The van der Waals surface area contributed by atoms with Crippen LogP contribution in [0.4, 0.5) is 9.59 Å². The fourth-order valence-electron chi connectivity index (χ4n) is 2.33. The van der Waals surface area contributed by atoms with E-state index in [2.05, 4.69) is 59.3 Å². The van der Waals surface area contributed by atoms with Crippen molar-refractivity contribution in [1.82, 2.24) is 10.2 Å². The predicted molar refractivity (Wildman–Crippen MR) is 151 cm³/mol. The van der Waals surface area contributed by atoms with Gasteiger partial charge in [-0.3, -0.25) is 14.7 Å². The molecule has 0 unspecified atom stereocenters. The lowest BCUT2D eigenvalue weighted by Crippen LogP contribution is -1.99. The largest absolute Gasteiger partial charge is 0.412 e. The van der Waals surface area contributed by atoms with Crippen molar-refractivity contribution in [2.24, 2.45) is 11.5 Å². The second kappa shape index (κ2) is 20.2. The van der Waals surface area contributed by atoms with Gasteiger partial charge in [0.05, 0.1) is 16.8 Å². The number of nitrogens with zero attached hydrogens (tertiary/aromatic N) is 1. The molecule has 0 fully saturated rings. The molecular formula is C23H34N4O5S3.